The Bertz CT molecular complexity index is 747. The highest BCUT2D eigenvalue weighted by atomic mass is 127. The molecule has 31 heavy (non-hydrogen) atoms. The first-order chi connectivity index (χ1) is 14.8. The molecule has 2 N–H and O–H groups in total. The van der Waals surface area contributed by atoms with Crippen molar-refractivity contribution in [3.63, 3.8) is 0 Å². The molecule has 0 radical (unpaired) electrons. The number of aliphatic imine (C=N–C) groups is 1. The number of aryl methyl sites for hydroxylation is 1. The third-order valence-electron chi connectivity index (χ3n) is 5.21. The summed E-state index contributed by atoms with van der Waals surface area (Å²) in [7, 11) is 0. The Morgan fingerprint density at radius 3 is 2.65 bits per heavy atom. The topological polar surface area (TPSA) is 79.6 Å². The van der Waals surface area contributed by atoms with E-state index in [4.69, 9.17) is 9.73 Å². The van der Waals surface area contributed by atoms with E-state index in [1.54, 1.807) is 6.33 Å². The van der Waals surface area contributed by atoms with Crippen LogP contribution in [-0.2, 0) is 24.1 Å². The number of nitrogens with one attached hydrogen (secondary N) is 2. The fourth-order valence-electron chi connectivity index (χ4n) is 3.49. The Labute approximate surface area is 202 Å². The van der Waals surface area contributed by atoms with Crippen LogP contribution in [0, 0.1) is 0 Å². The lowest BCUT2D eigenvalue weighted by Crippen LogP contribution is -2.40. The van der Waals surface area contributed by atoms with E-state index in [9.17, 15) is 0 Å². The Balaban J connectivity index is 0.00000341. The lowest BCUT2D eigenvalue weighted by atomic mass is 10.1. The van der Waals surface area contributed by atoms with Gasteiger partial charge in [-0.1, -0.05) is 37.3 Å². The van der Waals surface area contributed by atoms with Gasteiger partial charge in [-0.15, -0.1) is 34.2 Å². The van der Waals surface area contributed by atoms with Crippen molar-refractivity contribution in [2.45, 2.75) is 32.7 Å². The molecule has 3 rings (SSSR count). The number of halogens is 1. The fourth-order valence-corrected chi connectivity index (χ4v) is 3.49. The van der Waals surface area contributed by atoms with Gasteiger partial charge >= 0.3 is 0 Å². The summed E-state index contributed by atoms with van der Waals surface area (Å²) in [6.07, 6.45) is 4.71. The molecular weight excluding hydrogens is 505 g/mol. The molecule has 1 aliphatic heterocycles. The molecule has 0 amide bonds. The van der Waals surface area contributed by atoms with Gasteiger partial charge in [0.1, 0.15) is 12.2 Å². The fraction of sp³-hybridized carbons (Fsp3) is 0.591. The second kappa shape index (κ2) is 15.1. The van der Waals surface area contributed by atoms with Crippen molar-refractivity contribution in [3.8, 4) is 0 Å². The van der Waals surface area contributed by atoms with Gasteiger partial charge < -0.3 is 19.9 Å². The highest BCUT2D eigenvalue weighted by Crippen LogP contribution is 2.00. The molecule has 2 aromatic rings. The maximum absolute atomic E-state index is 5.42. The normalized spacial score (nSPS) is 14.8. The first-order valence-electron chi connectivity index (χ1n) is 11.1. The summed E-state index contributed by atoms with van der Waals surface area (Å²) in [5.74, 6) is 1.89. The number of morpholine rings is 1. The van der Waals surface area contributed by atoms with Crippen LogP contribution in [0.4, 0.5) is 0 Å². The number of rotatable bonds is 11. The number of ether oxygens (including phenoxy) is 1. The first-order valence-corrected chi connectivity index (χ1v) is 11.1. The summed E-state index contributed by atoms with van der Waals surface area (Å²) in [5.41, 5.74) is 1.33. The molecule has 9 heteroatoms. The van der Waals surface area contributed by atoms with Crippen molar-refractivity contribution >= 4 is 29.9 Å². The predicted octanol–water partition coefficient (Wildman–Crippen LogP) is 1.96. The Kier molecular flexibility index (Phi) is 12.5. The molecule has 0 atom stereocenters. The van der Waals surface area contributed by atoms with Crippen molar-refractivity contribution in [3.05, 3.63) is 48.0 Å². The third-order valence-corrected chi connectivity index (χ3v) is 5.21. The van der Waals surface area contributed by atoms with Crippen LogP contribution in [0.3, 0.4) is 0 Å². The van der Waals surface area contributed by atoms with Crippen LogP contribution in [0.5, 0.6) is 0 Å². The molecule has 1 aliphatic rings. The minimum Gasteiger partial charge on any atom is -0.379 e. The maximum atomic E-state index is 5.42. The highest BCUT2D eigenvalue weighted by molar-refractivity contribution is 14.0. The van der Waals surface area contributed by atoms with Crippen LogP contribution in [0.25, 0.3) is 0 Å². The molecular formula is C22H36IN7O. The number of aromatic nitrogens is 3. The zero-order chi connectivity index (χ0) is 20.9. The molecule has 8 nitrogen and oxygen atoms in total. The van der Waals surface area contributed by atoms with Gasteiger partial charge in [-0.25, -0.2) is 0 Å². The van der Waals surface area contributed by atoms with E-state index < -0.39 is 0 Å². The maximum Gasteiger partial charge on any atom is 0.191 e. The second-order valence-electron chi connectivity index (χ2n) is 7.42. The van der Waals surface area contributed by atoms with Crippen molar-refractivity contribution in [1.82, 2.24) is 30.3 Å². The molecule has 0 spiro atoms. The van der Waals surface area contributed by atoms with Crippen molar-refractivity contribution in [1.29, 1.82) is 0 Å². The van der Waals surface area contributed by atoms with Crippen LogP contribution in [-0.4, -0.2) is 78.1 Å². The molecule has 1 fully saturated rings. The third kappa shape index (κ3) is 9.53. The number of guanidine groups is 1. The lowest BCUT2D eigenvalue weighted by molar-refractivity contribution is 0.0377. The minimum absolute atomic E-state index is 0. The van der Waals surface area contributed by atoms with E-state index in [0.29, 0.717) is 0 Å². The molecule has 0 saturated carbocycles. The number of hydrogen-bond acceptors (Lipinski definition) is 5. The zero-order valence-electron chi connectivity index (χ0n) is 18.5. The molecule has 1 aromatic heterocycles. The summed E-state index contributed by atoms with van der Waals surface area (Å²) >= 11 is 0. The van der Waals surface area contributed by atoms with Crippen molar-refractivity contribution in [2.24, 2.45) is 4.99 Å². The number of nitrogens with zero attached hydrogens (tertiary/aromatic N) is 5. The first kappa shape index (κ1) is 25.5. The second-order valence-corrected chi connectivity index (χ2v) is 7.42. The SMILES string of the molecule is CCc1nncn1CCNC(=NCCCN1CCOCC1)NCCc1ccccc1.I. The quantitative estimate of drug-likeness (QED) is 0.196. The summed E-state index contributed by atoms with van der Waals surface area (Å²) in [4.78, 5) is 7.25. The van der Waals surface area contributed by atoms with Gasteiger partial charge in [0.15, 0.2) is 5.96 Å². The van der Waals surface area contributed by atoms with E-state index in [1.807, 2.05) is 0 Å². The van der Waals surface area contributed by atoms with E-state index >= 15 is 0 Å². The summed E-state index contributed by atoms with van der Waals surface area (Å²) in [5, 5.41) is 15.1. The van der Waals surface area contributed by atoms with Crippen LogP contribution in [0.1, 0.15) is 24.7 Å². The van der Waals surface area contributed by atoms with Gasteiger partial charge in [-0.2, -0.15) is 0 Å². The van der Waals surface area contributed by atoms with Gasteiger partial charge in [0.25, 0.3) is 0 Å². The Morgan fingerprint density at radius 2 is 1.87 bits per heavy atom. The zero-order valence-corrected chi connectivity index (χ0v) is 20.8. The van der Waals surface area contributed by atoms with Gasteiger partial charge in [-0.3, -0.25) is 9.89 Å². The van der Waals surface area contributed by atoms with Crippen molar-refractivity contribution < 1.29 is 4.74 Å². The summed E-state index contributed by atoms with van der Waals surface area (Å²) < 4.78 is 7.51. The van der Waals surface area contributed by atoms with Crippen LogP contribution in [0.15, 0.2) is 41.7 Å². The average Bonchev–Trinajstić information content (AvgIpc) is 3.25. The molecule has 0 aliphatic carbocycles. The largest absolute Gasteiger partial charge is 0.379 e. The average molecular weight is 541 g/mol. The van der Waals surface area contributed by atoms with E-state index in [2.05, 4.69) is 67.6 Å². The van der Waals surface area contributed by atoms with E-state index in [0.717, 1.165) is 90.1 Å². The molecule has 1 saturated heterocycles. The standard InChI is InChI=1S/C22H35N7O.HI/c1-2-21-27-26-19-29(21)14-12-25-22(24-11-9-20-7-4-3-5-8-20)23-10-6-13-28-15-17-30-18-16-28;/h3-5,7-8,19H,2,6,9-18H2,1H3,(H2,23,24,25);1H. The summed E-state index contributed by atoms with van der Waals surface area (Å²) in [6.45, 7) is 10.2. The van der Waals surface area contributed by atoms with Crippen LogP contribution < -0.4 is 10.6 Å². The number of benzene rings is 1. The molecule has 172 valence electrons. The number of hydrogen-bond donors (Lipinski definition) is 2. The highest BCUT2D eigenvalue weighted by Gasteiger charge is 2.09. The molecule has 0 unspecified atom stereocenters. The molecule has 0 bridgehead atoms. The van der Waals surface area contributed by atoms with Crippen LogP contribution in [0.2, 0.25) is 0 Å². The van der Waals surface area contributed by atoms with E-state index in [-0.39, 0.29) is 24.0 Å². The van der Waals surface area contributed by atoms with Gasteiger partial charge in [0.2, 0.25) is 0 Å². The van der Waals surface area contributed by atoms with Gasteiger partial charge in [-0.05, 0) is 18.4 Å². The summed E-state index contributed by atoms with van der Waals surface area (Å²) in [6, 6.07) is 10.5. The lowest BCUT2D eigenvalue weighted by Gasteiger charge is -2.26. The van der Waals surface area contributed by atoms with Gasteiger partial charge in [0, 0.05) is 52.2 Å². The predicted molar refractivity (Wildman–Crippen MR) is 135 cm³/mol. The molecule has 1 aromatic carbocycles. The van der Waals surface area contributed by atoms with Crippen LogP contribution >= 0.6 is 24.0 Å². The molecule has 2 heterocycles. The van der Waals surface area contributed by atoms with Crippen molar-refractivity contribution in [2.75, 3.05) is 52.5 Å². The smallest absolute Gasteiger partial charge is 0.191 e. The Morgan fingerprint density at radius 1 is 1.10 bits per heavy atom. The Hall–Kier alpha value is -1.72. The minimum atomic E-state index is 0. The van der Waals surface area contributed by atoms with E-state index in [1.165, 1.54) is 5.56 Å². The van der Waals surface area contributed by atoms with Gasteiger partial charge in [0.05, 0.1) is 13.2 Å². The monoisotopic (exact) mass is 541 g/mol.